The number of aromatic nitrogens is 2. The van der Waals surface area contributed by atoms with E-state index >= 15 is 0 Å². The van der Waals surface area contributed by atoms with Crippen molar-refractivity contribution in [3.63, 3.8) is 0 Å². The number of nitrogens with one attached hydrogen (secondary N) is 1. The zero-order chi connectivity index (χ0) is 35.9. The monoisotopic (exact) mass is 723 g/mol. The number of thiophene rings is 1. The Kier molecular flexibility index (Phi) is 11.8. The Labute approximate surface area is 284 Å². The number of carboxylic acids is 2. The van der Waals surface area contributed by atoms with Crippen LogP contribution in [0.25, 0.3) is 20.3 Å². The van der Waals surface area contributed by atoms with Crippen LogP contribution >= 0.6 is 22.9 Å². The van der Waals surface area contributed by atoms with Gasteiger partial charge in [-0.05, 0) is 53.9 Å². The van der Waals surface area contributed by atoms with E-state index in [0.29, 0.717) is 46.5 Å². The highest BCUT2D eigenvalue weighted by Crippen LogP contribution is 2.42. The summed E-state index contributed by atoms with van der Waals surface area (Å²) in [6, 6.07) is 14.9. The molecule has 5 rings (SSSR count). The highest BCUT2D eigenvalue weighted by atomic mass is 35.5. The summed E-state index contributed by atoms with van der Waals surface area (Å²) in [4.78, 5) is 51.4. The van der Waals surface area contributed by atoms with Gasteiger partial charge in [-0.15, -0.1) is 11.3 Å². The second kappa shape index (κ2) is 15.8. The van der Waals surface area contributed by atoms with Crippen LogP contribution in [0, 0.1) is 5.82 Å². The number of anilines is 2. The van der Waals surface area contributed by atoms with Gasteiger partial charge in [0.05, 0.1) is 10.4 Å². The summed E-state index contributed by atoms with van der Waals surface area (Å²) in [5.41, 5.74) is 2.27. The van der Waals surface area contributed by atoms with Gasteiger partial charge in [0.25, 0.3) is 0 Å². The first-order valence-electron chi connectivity index (χ1n) is 14.3. The van der Waals surface area contributed by atoms with Gasteiger partial charge in [-0.1, -0.05) is 37.6 Å². The molecule has 17 heteroatoms. The molecule has 11 nitrogen and oxygen atoms in total. The molecule has 3 aromatic carbocycles. The lowest BCUT2D eigenvalue weighted by Gasteiger charge is -2.13. The van der Waals surface area contributed by atoms with Gasteiger partial charge in [-0.3, -0.25) is 9.68 Å². The highest BCUT2D eigenvalue weighted by Gasteiger charge is 2.38. The Balaban J connectivity index is 0.000000698. The first kappa shape index (κ1) is 36.6. The van der Waals surface area contributed by atoms with Gasteiger partial charge >= 0.3 is 24.1 Å². The first-order valence-corrected chi connectivity index (χ1v) is 15.5. The SMILES string of the molecule is CCc1nc(Nc2ccc(OCc3cccc(F)c3)c(Cl)c2)c2c(n1)sc1cc(OOC(=O)CC(=O)O)cc(CC)c12.O=C(O)C(F)(F)F. The summed E-state index contributed by atoms with van der Waals surface area (Å²) in [5, 5.41) is 21.4. The van der Waals surface area contributed by atoms with Crippen LogP contribution in [0.15, 0.2) is 54.6 Å². The third kappa shape index (κ3) is 9.67. The number of carbonyl (C=O) groups is 3. The topological polar surface area (TPSA) is 157 Å². The quantitative estimate of drug-likeness (QED) is 0.0525. The molecule has 258 valence electrons. The van der Waals surface area contributed by atoms with Crippen LogP contribution in [0.1, 0.15) is 37.2 Å². The number of aryl methyl sites for hydroxylation is 2. The van der Waals surface area contributed by atoms with Gasteiger partial charge in [0.1, 0.15) is 41.1 Å². The van der Waals surface area contributed by atoms with Gasteiger partial charge < -0.3 is 20.3 Å². The molecule has 5 aromatic rings. The fourth-order valence-electron chi connectivity index (χ4n) is 4.34. The maximum absolute atomic E-state index is 13.5. The number of ether oxygens (including phenoxy) is 1. The van der Waals surface area contributed by atoms with Crippen molar-refractivity contribution in [3.05, 3.63) is 82.4 Å². The lowest BCUT2D eigenvalue weighted by molar-refractivity contribution is -0.214. The molecule has 0 aliphatic heterocycles. The molecular formula is C32H26ClF4N3O8S. The summed E-state index contributed by atoms with van der Waals surface area (Å²) < 4.78 is 51.9. The fraction of sp³-hybridized carbons (Fsp3) is 0.219. The van der Waals surface area contributed by atoms with Crippen molar-refractivity contribution in [2.24, 2.45) is 0 Å². The minimum absolute atomic E-state index is 0.168. The van der Waals surface area contributed by atoms with E-state index in [1.54, 1.807) is 36.4 Å². The Morgan fingerprint density at radius 1 is 0.980 bits per heavy atom. The third-order valence-corrected chi connectivity index (χ3v) is 7.81. The van der Waals surface area contributed by atoms with E-state index < -0.39 is 30.5 Å². The number of hydrogen-bond donors (Lipinski definition) is 3. The predicted molar refractivity (Wildman–Crippen MR) is 172 cm³/mol. The maximum atomic E-state index is 13.5. The predicted octanol–water partition coefficient (Wildman–Crippen LogP) is 8.03. The van der Waals surface area contributed by atoms with Gasteiger partial charge in [0, 0.05) is 28.3 Å². The highest BCUT2D eigenvalue weighted by molar-refractivity contribution is 7.25. The molecule has 2 heterocycles. The van der Waals surface area contributed by atoms with Crippen molar-refractivity contribution >= 4 is 72.7 Å². The molecule has 0 saturated carbocycles. The van der Waals surface area contributed by atoms with Crippen LogP contribution in [0.2, 0.25) is 5.02 Å². The van der Waals surface area contributed by atoms with Crippen LogP contribution in [-0.4, -0.2) is 44.3 Å². The molecular weight excluding hydrogens is 698 g/mol. The molecule has 0 atom stereocenters. The van der Waals surface area contributed by atoms with Crippen LogP contribution in [0.3, 0.4) is 0 Å². The molecule has 0 aliphatic carbocycles. The van der Waals surface area contributed by atoms with E-state index in [4.69, 9.17) is 46.2 Å². The zero-order valence-electron chi connectivity index (χ0n) is 25.6. The minimum atomic E-state index is -5.08. The van der Waals surface area contributed by atoms with Crippen LogP contribution in [-0.2, 0) is 38.7 Å². The molecule has 3 N–H and O–H groups in total. The summed E-state index contributed by atoms with van der Waals surface area (Å²) in [6.45, 7) is 4.12. The Bertz CT molecular complexity index is 2020. The number of nitrogens with zero attached hydrogens (tertiary/aromatic N) is 2. The molecule has 0 spiro atoms. The molecule has 0 unspecified atom stereocenters. The number of benzene rings is 3. The lowest BCUT2D eigenvalue weighted by atomic mass is 10.0. The van der Waals surface area contributed by atoms with E-state index in [2.05, 4.69) is 10.2 Å². The van der Waals surface area contributed by atoms with Gasteiger partial charge in [0.2, 0.25) is 0 Å². The van der Waals surface area contributed by atoms with Crippen molar-refractivity contribution < 1.29 is 56.7 Å². The second-order valence-corrected chi connectivity index (χ2v) is 11.5. The van der Waals surface area contributed by atoms with Crippen LogP contribution in [0.5, 0.6) is 11.5 Å². The zero-order valence-corrected chi connectivity index (χ0v) is 27.1. The van der Waals surface area contributed by atoms with Crippen molar-refractivity contribution in [2.45, 2.75) is 45.9 Å². The number of carboxylic acid groups (broad SMARTS) is 2. The Morgan fingerprint density at radius 3 is 2.33 bits per heavy atom. The van der Waals surface area contributed by atoms with E-state index in [1.807, 2.05) is 19.9 Å². The molecule has 0 radical (unpaired) electrons. The van der Waals surface area contributed by atoms with Gasteiger partial charge in [-0.25, -0.2) is 28.8 Å². The smallest absolute Gasteiger partial charge is 0.487 e. The minimum Gasteiger partial charge on any atom is -0.487 e. The standard InChI is InChI=1S/C30H25ClFN3O6S.C2HF3O2/c1-3-17-11-20(40-41-26(38)14-25(36)37)13-23-27(17)28-29(34-24(4-2)35-30(28)42-23)33-19-8-9-22(21(31)12-19)39-15-16-6-5-7-18(32)10-16;3-2(4,5)1(6)7/h5-13H,3-4,14-15H2,1-2H3,(H,36,37)(H,33,34,35);(H,6,7). The summed E-state index contributed by atoms with van der Waals surface area (Å²) in [5.74, 6) is -3.44. The average Bonchev–Trinajstić information content (AvgIpc) is 3.41. The van der Waals surface area contributed by atoms with Crippen molar-refractivity contribution in [3.8, 4) is 11.5 Å². The molecule has 2 aromatic heterocycles. The molecule has 0 fully saturated rings. The summed E-state index contributed by atoms with van der Waals surface area (Å²) >= 11 is 7.97. The Hall–Kier alpha value is -5.22. The van der Waals surface area contributed by atoms with E-state index in [0.717, 1.165) is 25.9 Å². The van der Waals surface area contributed by atoms with Crippen molar-refractivity contribution in [1.29, 1.82) is 0 Å². The van der Waals surface area contributed by atoms with Gasteiger partial charge in [0.15, 0.2) is 5.75 Å². The number of aliphatic carboxylic acids is 2. The number of halogens is 5. The van der Waals surface area contributed by atoms with Crippen LogP contribution in [0.4, 0.5) is 29.1 Å². The van der Waals surface area contributed by atoms with Crippen molar-refractivity contribution in [1.82, 2.24) is 9.97 Å². The Morgan fingerprint density at radius 2 is 1.71 bits per heavy atom. The molecule has 0 saturated heterocycles. The fourth-order valence-corrected chi connectivity index (χ4v) is 5.75. The summed E-state index contributed by atoms with van der Waals surface area (Å²) in [6.07, 6.45) is -4.65. The number of alkyl halides is 3. The van der Waals surface area contributed by atoms with E-state index in [1.165, 1.54) is 23.5 Å². The molecule has 49 heavy (non-hydrogen) atoms. The maximum Gasteiger partial charge on any atom is 0.490 e. The first-order chi connectivity index (χ1) is 23.2. The second-order valence-electron chi connectivity index (χ2n) is 10.0. The molecule has 0 aliphatic rings. The number of carbonyl (C=O) groups excluding carboxylic acids is 1. The van der Waals surface area contributed by atoms with Crippen LogP contribution < -0.4 is 14.9 Å². The molecule has 0 amide bonds. The third-order valence-electron chi connectivity index (χ3n) is 6.48. The van der Waals surface area contributed by atoms with Crippen molar-refractivity contribution in [2.75, 3.05) is 5.32 Å². The molecule has 0 bridgehead atoms. The van der Waals surface area contributed by atoms with E-state index in [9.17, 15) is 27.2 Å². The largest absolute Gasteiger partial charge is 0.490 e. The number of hydrogen-bond acceptors (Lipinski definition) is 10. The summed E-state index contributed by atoms with van der Waals surface area (Å²) in [7, 11) is 0. The lowest BCUT2D eigenvalue weighted by Crippen LogP contribution is -2.21. The normalized spacial score (nSPS) is 11.1. The average molecular weight is 724 g/mol. The van der Waals surface area contributed by atoms with E-state index in [-0.39, 0.29) is 18.2 Å². The number of fused-ring (bicyclic) bond motifs is 3. The number of rotatable bonds is 11. The van der Waals surface area contributed by atoms with Gasteiger partial charge in [-0.2, -0.15) is 13.2 Å².